The predicted molar refractivity (Wildman–Crippen MR) is 99.8 cm³/mol. The van der Waals surface area contributed by atoms with E-state index < -0.39 is 5.60 Å². The first-order valence-corrected chi connectivity index (χ1v) is 9.00. The summed E-state index contributed by atoms with van der Waals surface area (Å²) >= 11 is 0. The SMILES string of the molecule is C[C@H]1CN(C(=O)OC(C)(C)C)CCN1c1cc(CC(C)(C)C)ncn1. The quantitative estimate of drug-likeness (QED) is 0.818. The molecule has 0 saturated carbocycles. The van der Waals surface area contributed by atoms with Crippen LogP contribution in [0.2, 0.25) is 0 Å². The Kier molecular flexibility index (Phi) is 5.59. The molecule has 25 heavy (non-hydrogen) atoms. The summed E-state index contributed by atoms with van der Waals surface area (Å²) in [5.74, 6) is 0.936. The Hall–Kier alpha value is -1.85. The lowest BCUT2D eigenvalue weighted by molar-refractivity contribution is 0.0218. The molecule has 1 fully saturated rings. The van der Waals surface area contributed by atoms with Crippen LogP contribution in [0.3, 0.4) is 0 Å². The summed E-state index contributed by atoms with van der Waals surface area (Å²) in [4.78, 5) is 25.2. The average Bonchev–Trinajstić information content (AvgIpc) is 2.43. The maximum Gasteiger partial charge on any atom is 0.410 e. The molecule has 0 unspecified atom stereocenters. The smallest absolute Gasteiger partial charge is 0.410 e. The lowest BCUT2D eigenvalue weighted by Gasteiger charge is -2.40. The number of piperazine rings is 1. The van der Waals surface area contributed by atoms with Crippen LogP contribution in [0.15, 0.2) is 12.4 Å². The zero-order valence-electron chi connectivity index (χ0n) is 16.7. The van der Waals surface area contributed by atoms with Gasteiger partial charge in [0, 0.05) is 37.4 Å². The third-order valence-electron chi connectivity index (χ3n) is 3.99. The Labute approximate surface area is 151 Å². The molecule has 0 spiro atoms. The summed E-state index contributed by atoms with van der Waals surface area (Å²) in [6.45, 7) is 16.4. The standard InChI is InChI=1S/C19H32N4O2/c1-14-12-22(17(24)25-19(5,6)7)8-9-23(14)16-10-15(20-13-21-16)11-18(2,3)4/h10,13-14H,8-9,11-12H2,1-7H3/t14-/m0/s1. The van der Waals surface area contributed by atoms with Gasteiger partial charge in [0.05, 0.1) is 0 Å². The Bertz CT molecular complexity index is 604. The van der Waals surface area contributed by atoms with Crippen LogP contribution in [-0.4, -0.2) is 52.2 Å². The van der Waals surface area contributed by atoms with E-state index in [9.17, 15) is 4.79 Å². The molecule has 6 nitrogen and oxygen atoms in total. The highest BCUT2D eigenvalue weighted by Gasteiger charge is 2.30. The minimum atomic E-state index is -0.466. The first-order chi connectivity index (χ1) is 11.4. The first kappa shape index (κ1) is 19.5. The Morgan fingerprint density at radius 3 is 2.44 bits per heavy atom. The van der Waals surface area contributed by atoms with Crippen molar-refractivity contribution in [2.24, 2.45) is 5.41 Å². The first-order valence-electron chi connectivity index (χ1n) is 9.00. The number of anilines is 1. The molecule has 1 aliphatic rings. The third-order valence-corrected chi connectivity index (χ3v) is 3.99. The van der Waals surface area contributed by atoms with E-state index in [4.69, 9.17) is 4.74 Å². The molecule has 0 aliphatic carbocycles. The van der Waals surface area contributed by atoms with Gasteiger partial charge in [-0.15, -0.1) is 0 Å². The van der Waals surface area contributed by atoms with Gasteiger partial charge in [-0.3, -0.25) is 0 Å². The lowest BCUT2D eigenvalue weighted by Crippen LogP contribution is -2.54. The van der Waals surface area contributed by atoms with Gasteiger partial charge in [0.25, 0.3) is 0 Å². The summed E-state index contributed by atoms with van der Waals surface area (Å²) in [7, 11) is 0. The van der Waals surface area contributed by atoms with Gasteiger partial charge in [0.15, 0.2) is 0 Å². The monoisotopic (exact) mass is 348 g/mol. The van der Waals surface area contributed by atoms with Crippen LogP contribution in [0.5, 0.6) is 0 Å². The van der Waals surface area contributed by atoms with Crippen LogP contribution in [0.25, 0.3) is 0 Å². The highest BCUT2D eigenvalue weighted by molar-refractivity contribution is 5.68. The van der Waals surface area contributed by atoms with Gasteiger partial charge in [0.1, 0.15) is 17.7 Å². The second-order valence-corrected chi connectivity index (χ2v) is 9.07. The summed E-state index contributed by atoms with van der Waals surface area (Å²) in [5.41, 5.74) is 0.776. The van der Waals surface area contributed by atoms with Crippen LogP contribution in [0.4, 0.5) is 10.6 Å². The second kappa shape index (κ2) is 7.18. The van der Waals surface area contributed by atoms with Gasteiger partial charge < -0.3 is 14.5 Å². The molecule has 6 heteroatoms. The molecule has 0 bridgehead atoms. The van der Waals surface area contributed by atoms with Gasteiger partial charge in [-0.2, -0.15) is 0 Å². The molecule has 1 saturated heterocycles. The number of hydrogen-bond donors (Lipinski definition) is 0. The second-order valence-electron chi connectivity index (χ2n) is 9.07. The van der Waals surface area contributed by atoms with Crippen LogP contribution >= 0.6 is 0 Å². The normalized spacial score (nSPS) is 19.1. The average molecular weight is 348 g/mol. The zero-order valence-corrected chi connectivity index (χ0v) is 16.7. The fraction of sp³-hybridized carbons (Fsp3) is 0.737. The van der Waals surface area contributed by atoms with E-state index in [1.807, 2.05) is 20.8 Å². The lowest BCUT2D eigenvalue weighted by atomic mass is 9.90. The van der Waals surface area contributed by atoms with E-state index in [2.05, 4.69) is 48.6 Å². The van der Waals surface area contributed by atoms with Crippen molar-refractivity contribution in [1.82, 2.24) is 14.9 Å². The maximum absolute atomic E-state index is 12.3. The fourth-order valence-corrected chi connectivity index (χ4v) is 2.97. The number of amides is 1. The molecule has 1 atom stereocenters. The number of nitrogens with zero attached hydrogens (tertiary/aromatic N) is 4. The molecule has 0 radical (unpaired) electrons. The van der Waals surface area contributed by atoms with Crippen molar-refractivity contribution in [2.75, 3.05) is 24.5 Å². The van der Waals surface area contributed by atoms with Gasteiger partial charge >= 0.3 is 6.09 Å². The zero-order chi connectivity index (χ0) is 18.8. The minimum absolute atomic E-state index is 0.179. The topological polar surface area (TPSA) is 58.6 Å². The fourth-order valence-electron chi connectivity index (χ4n) is 2.97. The third kappa shape index (κ3) is 5.87. The molecule has 0 N–H and O–H groups in total. The van der Waals surface area contributed by atoms with Crippen molar-refractivity contribution in [3.8, 4) is 0 Å². The number of rotatable bonds is 2. The predicted octanol–water partition coefficient (Wildman–Crippen LogP) is 3.51. The van der Waals surface area contributed by atoms with Crippen molar-refractivity contribution in [3.63, 3.8) is 0 Å². The van der Waals surface area contributed by atoms with Crippen LogP contribution in [0.1, 0.15) is 54.2 Å². The molecule has 2 rings (SSSR count). The number of hydrogen-bond acceptors (Lipinski definition) is 5. The van der Waals surface area contributed by atoms with E-state index in [0.29, 0.717) is 13.1 Å². The molecule has 2 heterocycles. The van der Waals surface area contributed by atoms with E-state index in [1.165, 1.54) is 0 Å². The molecule has 140 valence electrons. The van der Waals surface area contributed by atoms with Crippen molar-refractivity contribution in [3.05, 3.63) is 18.1 Å². The van der Waals surface area contributed by atoms with E-state index >= 15 is 0 Å². The number of ether oxygens (including phenoxy) is 1. The van der Waals surface area contributed by atoms with E-state index in [1.54, 1.807) is 11.2 Å². The number of carbonyl (C=O) groups is 1. The van der Waals surface area contributed by atoms with Crippen molar-refractivity contribution in [1.29, 1.82) is 0 Å². The minimum Gasteiger partial charge on any atom is -0.444 e. The highest BCUT2D eigenvalue weighted by Crippen LogP contribution is 2.24. The molecule has 1 aromatic heterocycles. The molecular formula is C19H32N4O2. The molecule has 0 aromatic carbocycles. The van der Waals surface area contributed by atoms with Crippen molar-refractivity contribution >= 4 is 11.9 Å². The number of aromatic nitrogens is 2. The number of carbonyl (C=O) groups excluding carboxylic acids is 1. The van der Waals surface area contributed by atoms with Gasteiger partial charge in [-0.05, 0) is 39.5 Å². The summed E-state index contributed by atoms with van der Waals surface area (Å²) in [5, 5.41) is 0. The van der Waals surface area contributed by atoms with Crippen LogP contribution < -0.4 is 4.90 Å². The van der Waals surface area contributed by atoms with Gasteiger partial charge in [-0.1, -0.05) is 20.8 Å². The largest absolute Gasteiger partial charge is 0.444 e. The van der Waals surface area contributed by atoms with E-state index in [0.717, 1.165) is 24.5 Å². The van der Waals surface area contributed by atoms with Gasteiger partial charge in [-0.25, -0.2) is 14.8 Å². The molecule has 1 aliphatic heterocycles. The summed E-state index contributed by atoms with van der Waals surface area (Å²) in [6.07, 6.45) is 2.31. The van der Waals surface area contributed by atoms with Crippen molar-refractivity contribution in [2.45, 2.75) is 66.5 Å². The van der Waals surface area contributed by atoms with Crippen molar-refractivity contribution < 1.29 is 9.53 Å². The van der Waals surface area contributed by atoms with Gasteiger partial charge in [0.2, 0.25) is 0 Å². The van der Waals surface area contributed by atoms with E-state index in [-0.39, 0.29) is 17.6 Å². The Morgan fingerprint density at radius 1 is 1.20 bits per heavy atom. The maximum atomic E-state index is 12.3. The summed E-state index contributed by atoms with van der Waals surface area (Å²) in [6, 6.07) is 2.25. The summed E-state index contributed by atoms with van der Waals surface area (Å²) < 4.78 is 5.48. The molecule has 1 aromatic rings. The molecular weight excluding hydrogens is 316 g/mol. The Morgan fingerprint density at radius 2 is 1.88 bits per heavy atom. The van der Waals surface area contributed by atoms with Crippen LogP contribution in [0, 0.1) is 5.41 Å². The highest BCUT2D eigenvalue weighted by atomic mass is 16.6. The molecule has 1 amide bonds. The van der Waals surface area contributed by atoms with Crippen LogP contribution in [-0.2, 0) is 11.2 Å². The Balaban J connectivity index is 2.04.